The number of allylic oxidation sites excluding steroid dienone is 1. The van der Waals surface area contributed by atoms with E-state index in [9.17, 15) is 5.26 Å². The Morgan fingerprint density at radius 1 is 1.35 bits per heavy atom. The van der Waals surface area contributed by atoms with Crippen LogP contribution in [-0.4, -0.2) is 23.7 Å². The number of methoxy groups -OCH3 is 1. The summed E-state index contributed by atoms with van der Waals surface area (Å²) in [5.74, 6) is 1.91. The van der Waals surface area contributed by atoms with Gasteiger partial charge in [-0.05, 0) is 77.9 Å². The number of fused-ring (bicyclic) bond motifs is 1. The smallest absolute Gasteiger partial charge is 0.174 e. The minimum Gasteiger partial charge on any atom is -0.493 e. The number of rotatable bonds is 5. The zero-order valence-corrected chi connectivity index (χ0v) is 16.9. The number of benzene rings is 2. The Morgan fingerprint density at radius 2 is 2.15 bits per heavy atom. The van der Waals surface area contributed by atoms with Gasteiger partial charge in [0.15, 0.2) is 11.5 Å². The fourth-order valence-electron chi connectivity index (χ4n) is 2.68. The van der Waals surface area contributed by atoms with E-state index in [1.165, 1.54) is 0 Å². The van der Waals surface area contributed by atoms with Crippen LogP contribution in [0.2, 0.25) is 0 Å². The van der Waals surface area contributed by atoms with Crippen molar-refractivity contribution in [3.05, 3.63) is 50.9 Å². The molecule has 0 saturated carbocycles. The molecule has 0 radical (unpaired) electrons. The summed E-state index contributed by atoms with van der Waals surface area (Å²) in [7, 11) is 1.61. The predicted octanol–water partition coefficient (Wildman–Crippen LogP) is 4.95. The molecule has 26 heavy (non-hydrogen) atoms. The molecule has 2 aromatic carbocycles. The maximum atomic E-state index is 9.62. The molecule has 1 heterocycles. The Morgan fingerprint density at radius 3 is 2.85 bits per heavy atom. The van der Waals surface area contributed by atoms with Gasteiger partial charge in [0.2, 0.25) is 0 Å². The number of aryl methyl sites for hydroxylation is 1. The summed E-state index contributed by atoms with van der Waals surface area (Å²) in [4.78, 5) is 7.75. The first kappa shape index (κ1) is 18.3. The molecule has 6 heteroatoms. The highest BCUT2D eigenvalue weighted by Gasteiger charge is 2.13. The third-order valence-electron chi connectivity index (χ3n) is 3.86. The lowest BCUT2D eigenvalue weighted by Crippen LogP contribution is -1.98. The number of aromatic amines is 1. The van der Waals surface area contributed by atoms with Crippen LogP contribution in [0.1, 0.15) is 23.9 Å². The number of imidazole rings is 1. The summed E-state index contributed by atoms with van der Waals surface area (Å²) in [5.41, 5.74) is 4.20. The number of nitriles is 1. The van der Waals surface area contributed by atoms with E-state index in [2.05, 4.69) is 38.6 Å². The van der Waals surface area contributed by atoms with Crippen molar-refractivity contribution in [3.8, 4) is 17.6 Å². The number of halogens is 1. The molecular weight excluding hydrogens is 441 g/mol. The largest absolute Gasteiger partial charge is 0.493 e. The summed E-state index contributed by atoms with van der Waals surface area (Å²) < 4.78 is 12.0. The second-order valence-electron chi connectivity index (χ2n) is 5.74. The molecule has 0 atom stereocenters. The van der Waals surface area contributed by atoms with Crippen LogP contribution in [0.5, 0.6) is 11.5 Å². The van der Waals surface area contributed by atoms with Crippen molar-refractivity contribution in [2.45, 2.75) is 13.8 Å². The SMILES string of the molecule is CCOc1c(I)cc(/C=C(\C#N)c2nc3ccc(C)cc3[nH]2)cc1OC. The third kappa shape index (κ3) is 3.68. The fourth-order valence-corrected chi connectivity index (χ4v) is 3.46. The molecule has 0 aliphatic rings. The number of hydrogen-bond acceptors (Lipinski definition) is 4. The summed E-state index contributed by atoms with van der Waals surface area (Å²) >= 11 is 2.21. The van der Waals surface area contributed by atoms with Gasteiger partial charge in [0, 0.05) is 0 Å². The fraction of sp³-hybridized carbons (Fsp3) is 0.200. The van der Waals surface area contributed by atoms with E-state index in [1.807, 2.05) is 44.2 Å². The predicted molar refractivity (Wildman–Crippen MR) is 111 cm³/mol. The second-order valence-corrected chi connectivity index (χ2v) is 6.91. The molecule has 0 aliphatic heterocycles. The van der Waals surface area contributed by atoms with Crippen LogP contribution in [0, 0.1) is 21.8 Å². The number of aromatic nitrogens is 2. The zero-order chi connectivity index (χ0) is 18.7. The van der Waals surface area contributed by atoms with Gasteiger partial charge in [-0.1, -0.05) is 6.07 Å². The van der Waals surface area contributed by atoms with Gasteiger partial charge in [-0.2, -0.15) is 5.26 Å². The maximum Gasteiger partial charge on any atom is 0.174 e. The van der Waals surface area contributed by atoms with Crippen molar-refractivity contribution >= 4 is 45.3 Å². The van der Waals surface area contributed by atoms with Crippen molar-refractivity contribution in [1.82, 2.24) is 9.97 Å². The van der Waals surface area contributed by atoms with Gasteiger partial charge in [-0.25, -0.2) is 4.98 Å². The molecule has 5 nitrogen and oxygen atoms in total. The lowest BCUT2D eigenvalue weighted by atomic mass is 10.1. The van der Waals surface area contributed by atoms with Gasteiger partial charge in [-0.3, -0.25) is 0 Å². The van der Waals surface area contributed by atoms with Crippen LogP contribution < -0.4 is 9.47 Å². The molecule has 0 amide bonds. The highest BCUT2D eigenvalue weighted by molar-refractivity contribution is 14.1. The summed E-state index contributed by atoms with van der Waals surface area (Å²) in [6.45, 7) is 4.51. The van der Waals surface area contributed by atoms with E-state index >= 15 is 0 Å². The van der Waals surface area contributed by atoms with Crippen LogP contribution in [-0.2, 0) is 0 Å². The molecule has 1 N–H and O–H groups in total. The third-order valence-corrected chi connectivity index (χ3v) is 4.67. The summed E-state index contributed by atoms with van der Waals surface area (Å²) in [6.07, 6.45) is 1.80. The Kier molecular flexibility index (Phi) is 5.47. The van der Waals surface area contributed by atoms with Gasteiger partial charge >= 0.3 is 0 Å². The first-order chi connectivity index (χ1) is 12.5. The Labute approximate surface area is 165 Å². The number of nitrogens with one attached hydrogen (secondary N) is 1. The molecule has 0 unspecified atom stereocenters. The van der Waals surface area contributed by atoms with Crippen molar-refractivity contribution in [2.24, 2.45) is 0 Å². The first-order valence-corrected chi connectivity index (χ1v) is 9.22. The van der Waals surface area contributed by atoms with E-state index in [0.29, 0.717) is 29.5 Å². The molecule has 0 fully saturated rings. The van der Waals surface area contributed by atoms with Crippen LogP contribution in [0.25, 0.3) is 22.7 Å². The topological polar surface area (TPSA) is 70.9 Å². The van der Waals surface area contributed by atoms with Gasteiger partial charge in [0.25, 0.3) is 0 Å². The number of hydrogen-bond donors (Lipinski definition) is 1. The quantitative estimate of drug-likeness (QED) is 0.433. The molecular formula is C20H18IN3O2. The Bertz CT molecular complexity index is 1030. The summed E-state index contributed by atoms with van der Waals surface area (Å²) in [6, 6.07) is 12.0. The summed E-state index contributed by atoms with van der Waals surface area (Å²) in [5, 5.41) is 9.62. The normalized spacial score (nSPS) is 11.4. The van der Waals surface area contributed by atoms with Crippen LogP contribution in [0.4, 0.5) is 0 Å². The Hall–Kier alpha value is -2.53. The number of nitrogens with zero attached hydrogens (tertiary/aromatic N) is 2. The minimum atomic E-state index is 0.459. The highest BCUT2D eigenvalue weighted by atomic mass is 127. The molecule has 1 aromatic heterocycles. The lowest BCUT2D eigenvalue weighted by molar-refractivity contribution is 0.308. The van der Waals surface area contributed by atoms with E-state index in [0.717, 1.165) is 25.7 Å². The Balaban J connectivity index is 2.05. The van der Waals surface area contributed by atoms with Gasteiger partial charge in [0.1, 0.15) is 11.9 Å². The van der Waals surface area contributed by atoms with E-state index in [4.69, 9.17) is 9.47 Å². The monoisotopic (exact) mass is 459 g/mol. The molecule has 132 valence electrons. The molecule has 0 saturated heterocycles. The van der Waals surface area contributed by atoms with Crippen molar-refractivity contribution in [2.75, 3.05) is 13.7 Å². The average molecular weight is 459 g/mol. The van der Waals surface area contributed by atoms with Gasteiger partial charge < -0.3 is 14.5 Å². The molecule has 0 bridgehead atoms. The average Bonchev–Trinajstić information content (AvgIpc) is 3.04. The minimum absolute atomic E-state index is 0.459. The number of ether oxygens (including phenoxy) is 2. The lowest BCUT2D eigenvalue weighted by Gasteiger charge is -2.12. The zero-order valence-electron chi connectivity index (χ0n) is 14.8. The van der Waals surface area contributed by atoms with Crippen LogP contribution in [0.3, 0.4) is 0 Å². The maximum absolute atomic E-state index is 9.62. The van der Waals surface area contributed by atoms with E-state index < -0.39 is 0 Å². The molecule has 3 rings (SSSR count). The van der Waals surface area contributed by atoms with Gasteiger partial charge in [0.05, 0.1) is 33.9 Å². The van der Waals surface area contributed by atoms with E-state index in [-0.39, 0.29) is 0 Å². The van der Waals surface area contributed by atoms with Crippen molar-refractivity contribution < 1.29 is 9.47 Å². The van der Waals surface area contributed by atoms with Crippen molar-refractivity contribution in [1.29, 1.82) is 5.26 Å². The molecule has 3 aromatic rings. The van der Waals surface area contributed by atoms with E-state index in [1.54, 1.807) is 13.2 Å². The molecule has 0 spiro atoms. The van der Waals surface area contributed by atoms with Crippen LogP contribution in [0.15, 0.2) is 30.3 Å². The van der Waals surface area contributed by atoms with Crippen LogP contribution >= 0.6 is 22.6 Å². The van der Waals surface area contributed by atoms with Crippen molar-refractivity contribution in [3.63, 3.8) is 0 Å². The highest BCUT2D eigenvalue weighted by Crippen LogP contribution is 2.35. The second kappa shape index (κ2) is 7.79. The standard InChI is InChI=1S/C20H18IN3O2/c1-4-26-19-15(21)9-13(10-18(19)25-3)8-14(11-22)20-23-16-6-5-12(2)7-17(16)24-20/h5-10H,4H2,1-3H3,(H,23,24)/b14-8+. The molecule has 0 aliphatic carbocycles. The first-order valence-electron chi connectivity index (χ1n) is 8.14. The van der Waals surface area contributed by atoms with Gasteiger partial charge in [-0.15, -0.1) is 0 Å². The number of H-pyrrole nitrogens is 1.